The third kappa shape index (κ3) is 67.0. The average Bonchev–Trinajstić information content (AvgIpc) is 3.46. The van der Waals surface area contributed by atoms with Gasteiger partial charge in [-0.2, -0.15) is 0 Å². The van der Waals surface area contributed by atoms with Gasteiger partial charge in [0, 0.05) is 19.4 Å². The summed E-state index contributed by atoms with van der Waals surface area (Å²) in [5.74, 6) is -0.809. The van der Waals surface area contributed by atoms with Crippen LogP contribution in [0.3, 0.4) is 0 Å². The van der Waals surface area contributed by atoms with Gasteiger partial charge in [-0.15, -0.1) is 0 Å². The second-order valence-electron chi connectivity index (χ2n) is 23.7. The highest BCUT2D eigenvalue weighted by atomic mass is 31.2. The average molecular weight is 1160 g/mol. The fourth-order valence-corrected chi connectivity index (χ4v) is 11.2. The van der Waals surface area contributed by atoms with Gasteiger partial charge in [0.2, 0.25) is 0 Å². The van der Waals surface area contributed by atoms with E-state index >= 15 is 0 Å². The number of hydrogen-bond acceptors (Lipinski definition) is 8. The molecule has 0 amide bonds. The third-order valence-electron chi connectivity index (χ3n) is 15.7. The molecule has 9 nitrogen and oxygen atoms in total. The van der Waals surface area contributed by atoms with Crippen molar-refractivity contribution >= 4 is 19.8 Å². The first-order chi connectivity index (χ1) is 39.8. The number of allylic oxidation sites excluding steroid dienone is 8. The Bertz CT molecular complexity index is 1470. The lowest BCUT2D eigenvalue weighted by molar-refractivity contribution is -0.161. The number of esters is 2. The van der Waals surface area contributed by atoms with Gasteiger partial charge in [-0.25, -0.2) is 4.57 Å². The van der Waals surface area contributed by atoms with Gasteiger partial charge in [0.05, 0.1) is 13.2 Å². The van der Waals surface area contributed by atoms with E-state index in [1.165, 1.54) is 283 Å². The second kappa shape index (κ2) is 67.1. The molecule has 0 aromatic rings. The van der Waals surface area contributed by atoms with Crippen molar-refractivity contribution in [2.75, 3.05) is 26.4 Å². The van der Waals surface area contributed by atoms with E-state index in [9.17, 15) is 19.0 Å². The standard InChI is InChI=1S/C71H134NO8P/c1-3-5-7-9-11-13-15-17-19-21-23-25-27-29-31-33-34-36-38-40-42-44-46-48-50-52-54-56-58-60-62-64-71(74)80-69(68-79-81(75,76)78-66-65-72)67-77-70(73)63-61-59-57-55-53-51-49-47-45-43-41-39-37-35-32-30-28-26-24-22-20-18-16-14-12-10-8-6-4-2/h15,17,21-24,27,29,69H,3-14,16,18-20,25-26,28,30-68,72H2,1-2H3,(H,75,76)/b17-15-,23-21-,24-22-,29-27-. The van der Waals surface area contributed by atoms with E-state index in [-0.39, 0.29) is 38.6 Å². The number of nitrogens with two attached hydrogens (primary N) is 1. The highest BCUT2D eigenvalue weighted by Gasteiger charge is 2.26. The van der Waals surface area contributed by atoms with Crippen LogP contribution in [-0.2, 0) is 32.7 Å². The molecule has 0 aliphatic rings. The van der Waals surface area contributed by atoms with Crippen molar-refractivity contribution in [3.05, 3.63) is 48.6 Å². The maximum Gasteiger partial charge on any atom is 0.472 e. The Kier molecular flexibility index (Phi) is 65.4. The molecule has 0 spiro atoms. The summed E-state index contributed by atoms with van der Waals surface area (Å²) in [7, 11) is -4.39. The number of phosphoric ester groups is 1. The molecule has 0 radical (unpaired) electrons. The van der Waals surface area contributed by atoms with Crippen LogP contribution in [0.25, 0.3) is 0 Å². The highest BCUT2D eigenvalue weighted by Crippen LogP contribution is 2.43. The summed E-state index contributed by atoms with van der Waals surface area (Å²) >= 11 is 0. The quantitative estimate of drug-likeness (QED) is 0.0264. The molecule has 81 heavy (non-hydrogen) atoms. The first kappa shape index (κ1) is 79.0. The zero-order chi connectivity index (χ0) is 58.7. The van der Waals surface area contributed by atoms with Crippen molar-refractivity contribution < 1.29 is 37.6 Å². The Morgan fingerprint density at radius 3 is 0.963 bits per heavy atom. The van der Waals surface area contributed by atoms with Crippen LogP contribution >= 0.6 is 7.82 Å². The molecule has 0 bridgehead atoms. The van der Waals surface area contributed by atoms with Gasteiger partial charge in [0.15, 0.2) is 6.10 Å². The molecule has 0 saturated heterocycles. The summed E-state index contributed by atoms with van der Waals surface area (Å²) in [4.78, 5) is 35.4. The van der Waals surface area contributed by atoms with E-state index in [2.05, 4.69) is 62.5 Å². The Hall–Kier alpha value is -2.03. The molecule has 2 unspecified atom stereocenters. The monoisotopic (exact) mass is 1160 g/mol. The largest absolute Gasteiger partial charge is 0.472 e. The number of phosphoric acid groups is 1. The number of carbonyl (C=O) groups is 2. The van der Waals surface area contributed by atoms with Gasteiger partial charge in [0.1, 0.15) is 6.61 Å². The third-order valence-corrected chi connectivity index (χ3v) is 16.7. The Morgan fingerprint density at radius 2 is 0.642 bits per heavy atom. The van der Waals surface area contributed by atoms with Crippen LogP contribution in [0.15, 0.2) is 48.6 Å². The van der Waals surface area contributed by atoms with Crippen LogP contribution < -0.4 is 5.73 Å². The van der Waals surface area contributed by atoms with Crippen molar-refractivity contribution in [3.8, 4) is 0 Å². The number of unbranched alkanes of at least 4 members (excludes halogenated alkanes) is 46. The number of rotatable bonds is 67. The molecule has 0 aromatic carbocycles. The molecule has 10 heteroatoms. The molecule has 0 fully saturated rings. The van der Waals surface area contributed by atoms with Gasteiger partial charge < -0.3 is 20.1 Å². The summed E-state index contributed by atoms with van der Waals surface area (Å²) in [6, 6.07) is 0. The lowest BCUT2D eigenvalue weighted by atomic mass is 10.0. The lowest BCUT2D eigenvalue weighted by Crippen LogP contribution is -2.29. The molecule has 2 atom stereocenters. The first-order valence-electron chi connectivity index (χ1n) is 35.1. The summed E-state index contributed by atoms with van der Waals surface area (Å²) < 4.78 is 33.2. The molecule has 0 aromatic heterocycles. The predicted molar refractivity (Wildman–Crippen MR) is 349 cm³/mol. The first-order valence-corrected chi connectivity index (χ1v) is 36.6. The molecule has 3 N–H and O–H groups in total. The SMILES string of the molecule is CCCCCCC/C=C\C/C=C\C/C=C\CCCCCCCCCCCCCCCCCCC(=O)OC(COC(=O)CCCCCCCCCCCCCCCCCCC/C=C\CCCCCCCCCC)COP(=O)(O)OCCN. The molecule has 0 saturated carbocycles. The lowest BCUT2D eigenvalue weighted by Gasteiger charge is -2.19. The number of carbonyl (C=O) groups excluding carboxylic acids is 2. The van der Waals surface area contributed by atoms with Crippen LogP contribution in [0.4, 0.5) is 0 Å². The number of ether oxygens (including phenoxy) is 2. The van der Waals surface area contributed by atoms with E-state index in [4.69, 9.17) is 24.3 Å². The van der Waals surface area contributed by atoms with E-state index in [0.29, 0.717) is 6.42 Å². The van der Waals surface area contributed by atoms with E-state index in [1.807, 2.05) is 0 Å². The maximum absolute atomic E-state index is 12.8. The Morgan fingerprint density at radius 1 is 0.370 bits per heavy atom. The van der Waals surface area contributed by atoms with Crippen LogP contribution in [0.2, 0.25) is 0 Å². The van der Waals surface area contributed by atoms with Crippen LogP contribution in [0, 0.1) is 0 Å². The van der Waals surface area contributed by atoms with Gasteiger partial charge in [-0.05, 0) is 77.0 Å². The smallest absolute Gasteiger partial charge is 0.462 e. The molecule has 0 heterocycles. The van der Waals surface area contributed by atoms with Crippen LogP contribution in [0.1, 0.15) is 361 Å². The molecule has 0 aliphatic carbocycles. The van der Waals surface area contributed by atoms with Gasteiger partial charge in [0.25, 0.3) is 0 Å². The second-order valence-corrected chi connectivity index (χ2v) is 25.2. The topological polar surface area (TPSA) is 134 Å². The maximum atomic E-state index is 12.8. The van der Waals surface area contributed by atoms with E-state index in [1.54, 1.807) is 0 Å². The van der Waals surface area contributed by atoms with Gasteiger partial charge in [-0.1, -0.05) is 319 Å². The zero-order valence-electron chi connectivity index (χ0n) is 53.5. The van der Waals surface area contributed by atoms with Crippen LogP contribution in [0.5, 0.6) is 0 Å². The minimum absolute atomic E-state index is 0.0547. The minimum Gasteiger partial charge on any atom is -0.462 e. The Balaban J connectivity index is 3.84. The summed E-state index contributed by atoms with van der Waals surface area (Å²) in [6.45, 7) is 3.80. The van der Waals surface area contributed by atoms with Crippen molar-refractivity contribution in [1.29, 1.82) is 0 Å². The summed E-state index contributed by atoms with van der Waals surface area (Å²) in [6.07, 6.45) is 84.9. The zero-order valence-corrected chi connectivity index (χ0v) is 54.4. The van der Waals surface area contributed by atoms with Gasteiger partial charge >= 0.3 is 19.8 Å². The minimum atomic E-state index is -4.39. The fourth-order valence-electron chi connectivity index (χ4n) is 10.5. The summed E-state index contributed by atoms with van der Waals surface area (Å²) in [5.41, 5.74) is 5.40. The van der Waals surface area contributed by atoms with E-state index < -0.39 is 26.5 Å². The molecular weight excluding hydrogens is 1030 g/mol. The van der Waals surface area contributed by atoms with Crippen molar-refractivity contribution in [2.45, 2.75) is 367 Å². The molecule has 0 rings (SSSR count). The van der Waals surface area contributed by atoms with Crippen molar-refractivity contribution in [3.63, 3.8) is 0 Å². The molecular formula is C71H134NO8P. The Labute approximate surface area is 502 Å². The highest BCUT2D eigenvalue weighted by molar-refractivity contribution is 7.47. The van der Waals surface area contributed by atoms with Crippen LogP contribution in [-0.4, -0.2) is 49.3 Å². The predicted octanol–water partition coefficient (Wildman–Crippen LogP) is 22.9. The molecule has 476 valence electrons. The normalized spacial score (nSPS) is 13.2. The van der Waals surface area contributed by atoms with E-state index in [0.717, 1.165) is 44.9 Å². The van der Waals surface area contributed by atoms with Crippen molar-refractivity contribution in [2.24, 2.45) is 5.73 Å². The molecule has 0 aliphatic heterocycles. The fraction of sp³-hybridized carbons (Fsp3) is 0.859. The van der Waals surface area contributed by atoms with Crippen molar-refractivity contribution in [1.82, 2.24) is 0 Å². The summed E-state index contributed by atoms with van der Waals surface area (Å²) in [5, 5.41) is 0. The van der Waals surface area contributed by atoms with Gasteiger partial charge in [-0.3, -0.25) is 18.6 Å². The number of hydrogen-bond donors (Lipinski definition) is 2.